The minimum atomic E-state index is -0.241. The zero-order chi connectivity index (χ0) is 13.7. The molecule has 2 N–H and O–H groups in total. The summed E-state index contributed by atoms with van der Waals surface area (Å²) in [6, 6.07) is 3.76. The van der Waals surface area contributed by atoms with Gasteiger partial charge in [-0.3, -0.25) is 4.79 Å². The summed E-state index contributed by atoms with van der Waals surface area (Å²) in [4.78, 5) is 11.5. The molecular weight excluding hydrogens is 228 g/mol. The Morgan fingerprint density at radius 1 is 1.61 bits per heavy atom. The van der Waals surface area contributed by atoms with Gasteiger partial charge in [-0.1, -0.05) is 0 Å². The Bertz CT molecular complexity index is 470. The molecule has 1 atom stereocenters. The van der Waals surface area contributed by atoms with Crippen LogP contribution in [0.4, 0.5) is 0 Å². The molecule has 1 aromatic heterocycles. The summed E-state index contributed by atoms with van der Waals surface area (Å²) < 4.78 is 1.85. The lowest BCUT2D eigenvalue weighted by molar-refractivity contribution is -0.122. The molecule has 1 heterocycles. The average Bonchev–Trinajstić information content (AvgIpc) is 2.63. The number of aromatic nitrogens is 1. The monoisotopic (exact) mass is 248 g/mol. The Labute approximate surface area is 108 Å². The number of amides is 1. The summed E-state index contributed by atoms with van der Waals surface area (Å²) in [5.74, 6) is -0.00779. The van der Waals surface area contributed by atoms with E-state index in [4.69, 9.17) is 5.26 Å². The third kappa shape index (κ3) is 3.11. The van der Waals surface area contributed by atoms with Gasteiger partial charge in [0.15, 0.2) is 0 Å². The Morgan fingerprint density at radius 3 is 2.78 bits per heavy atom. The first-order chi connectivity index (χ1) is 8.51. The van der Waals surface area contributed by atoms with Crippen LogP contribution in [0.2, 0.25) is 0 Å². The van der Waals surface area contributed by atoms with Gasteiger partial charge in [0.2, 0.25) is 5.91 Å². The van der Waals surface area contributed by atoms with E-state index in [0.29, 0.717) is 18.8 Å². The molecule has 1 amide bonds. The van der Waals surface area contributed by atoms with Crippen molar-refractivity contribution in [3.8, 4) is 6.07 Å². The third-order valence-electron chi connectivity index (χ3n) is 3.10. The van der Waals surface area contributed by atoms with Crippen molar-refractivity contribution >= 4 is 5.91 Å². The minimum absolute atomic E-state index is 0.00779. The summed E-state index contributed by atoms with van der Waals surface area (Å²) in [7, 11) is 1.87. The standard InChI is InChI=1S/C13H20N4O/c1-5-15-13(18)9(2)16-8-11-6-12(7-14)17(4)10(11)3/h6,9,16H,5,8H2,1-4H3,(H,15,18). The molecule has 0 spiro atoms. The van der Waals surface area contributed by atoms with Crippen LogP contribution in [-0.2, 0) is 18.4 Å². The van der Waals surface area contributed by atoms with Gasteiger partial charge in [0.05, 0.1) is 6.04 Å². The summed E-state index contributed by atoms with van der Waals surface area (Å²) in [6.45, 7) is 6.90. The fraction of sp³-hybridized carbons (Fsp3) is 0.538. The summed E-state index contributed by atoms with van der Waals surface area (Å²) >= 11 is 0. The van der Waals surface area contributed by atoms with Gasteiger partial charge in [-0.15, -0.1) is 0 Å². The Hall–Kier alpha value is -1.80. The van der Waals surface area contributed by atoms with Crippen molar-refractivity contribution in [1.29, 1.82) is 5.26 Å². The van der Waals surface area contributed by atoms with E-state index in [2.05, 4.69) is 16.7 Å². The molecule has 0 saturated carbocycles. The first-order valence-electron chi connectivity index (χ1n) is 6.07. The van der Waals surface area contributed by atoms with Crippen LogP contribution in [-0.4, -0.2) is 23.1 Å². The van der Waals surface area contributed by atoms with Crippen molar-refractivity contribution in [2.24, 2.45) is 7.05 Å². The first-order valence-corrected chi connectivity index (χ1v) is 6.07. The first kappa shape index (κ1) is 14.3. The lowest BCUT2D eigenvalue weighted by atomic mass is 10.2. The molecule has 0 fully saturated rings. The lowest BCUT2D eigenvalue weighted by Gasteiger charge is -2.13. The zero-order valence-corrected chi connectivity index (χ0v) is 11.4. The van der Waals surface area contributed by atoms with Crippen LogP contribution in [0.3, 0.4) is 0 Å². The van der Waals surface area contributed by atoms with Gasteiger partial charge in [0.1, 0.15) is 11.8 Å². The van der Waals surface area contributed by atoms with Gasteiger partial charge >= 0.3 is 0 Å². The third-order valence-corrected chi connectivity index (χ3v) is 3.10. The molecule has 18 heavy (non-hydrogen) atoms. The van der Waals surface area contributed by atoms with E-state index in [9.17, 15) is 4.79 Å². The smallest absolute Gasteiger partial charge is 0.236 e. The van der Waals surface area contributed by atoms with Gasteiger partial charge in [-0.25, -0.2) is 0 Å². The van der Waals surface area contributed by atoms with Gasteiger partial charge in [0, 0.05) is 25.8 Å². The van der Waals surface area contributed by atoms with Crippen LogP contribution >= 0.6 is 0 Å². The summed E-state index contributed by atoms with van der Waals surface area (Å²) in [6.07, 6.45) is 0. The highest BCUT2D eigenvalue weighted by Gasteiger charge is 2.13. The van der Waals surface area contributed by atoms with Crippen LogP contribution in [0.5, 0.6) is 0 Å². The predicted molar refractivity (Wildman–Crippen MR) is 69.9 cm³/mol. The number of carbonyl (C=O) groups is 1. The van der Waals surface area contributed by atoms with Crippen LogP contribution in [0.25, 0.3) is 0 Å². The maximum atomic E-state index is 11.5. The molecule has 0 aliphatic rings. The number of nitrogens with one attached hydrogen (secondary N) is 2. The Kier molecular flexibility index (Phi) is 4.93. The second kappa shape index (κ2) is 6.22. The van der Waals surface area contributed by atoms with Crippen LogP contribution < -0.4 is 10.6 Å². The number of likely N-dealkylation sites (N-methyl/N-ethyl adjacent to an activating group) is 1. The average molecular weight is 248 g/mol. The molecule has 0 bridgehead atoms. The molecule has 0 aromatic carbocycles. The van der Waals surface area contributed by atoms with Crippen LogP contribution in [0.15, 0.2) is 6.07 Å². The number of nitrogens with zero attached hydrogens (tertiary/aromatic N) is 2. The maximum Gasteiger partial charge on any atom is 0.236 e. The van der Waals surface area contributed by atoms with Crippen molar-refractivity contribution < 1.29 is 4.79 Å². The van der Waals surface area contributed by atoms with Gasteiger partial charge in [0.25, 0.3) is 0 Å². The molecule has 98 valence electrons. The second-order valence-corrected chi connectivity index (χ2v) is 4.31. The number of rotatable bonds is 5. The molecule has 1 rings (SSSR count). The van der Waals surface area contributed by atoms with E-state index in [0.717, 1.165) is 11.3 Å². The van der Waals surface area contributed by atoms with Gasteiger partial charge in [-0.05, 0) is 32.4 Å². The molecule has 0 aliphatic carbocycles. The van der Waals surface area contributed by atoms with Crippen molar-refractivity contribution in [1.82, 2.24) is 15.2 Å². The molecule has 5 nitrogen and oxygen atoms in total. The molecular formula is C13H20N4O. The normalized spacial score (nSPS) is 11.9. The SMILES string of the molecule is CCNC(=O)C(C)NCc1cc(C#N)n(C)c1C. The predicted octanol–water partition coefficient (Wildman–Crippen LogP) is 0.819. The fourth-order valence-corrected chi connectivity index (χ4v) is 1.73. The highest BCUT2D eigenvalue weighted by Crippen LogP contribution is 2.13. The summed E-state index contributed by atoms with van der Waals surface area (Å²) in [5, 5.41) is 14.9. The quantitative estimate of drug-likeness (QED) is 0.810. The number of hydrogen-bond acceptors (Lipinski definition) is 3. The van der Waals surface area contributed by atoms with Gasteiger partial charge in [-0.2, -0.15) is 5.26 Å². The summed E-state index contributed by atoms with van der Waals surface area (Å²) in [5.41, 5.74) is 2.72. The van der Waals surface area contributed by atoms with Crippen molar-refractivity contribution in [2.45, 2.75) is 33.4 Å². The van der Waals surface area contributed by atoms with E-state index < -0.39 is 0 Å². The molecule has 0 saturated heterocycles. The maximum absolute atomic E-state index is 11.5. The van der Waals surface area contributed by atoms with Crippen molar-refractivity contribution in [3.63, 3.8) is 0 Å². The van der Waals surface area contributed by atoms with E-state index in [1.807, 2.05) is 38.5 Å². The fourth-order valence-electron chi connectivity index (χ4n) is 1.73. The van der Waals surface area contributed by atoms with Crippen molar-refractivity contribution in [2.75, 3.05) is 6.54 Å². The molecule has 1 aromatic rings. The zero-order valence-electron chi connectivity index (χ0n) is 11.4. The van der Waals surface area contributed by atoms with E-state index >= 15 is 0 Å². The van der Waals surface area contributed by atoms with Crippen LogP contribution in [0, 0.1) is 18.3 Å². The number of carbonyl (C=O) groups excluding carboxylic acids is 1. The van der Waals surface area contributed by atoms with Crippen LogP contribution in [0.1, 0.15) is 30.8 Å². The largest absolute Gasteiger partial charge is 0.355 e. The lowest BCUT2D eigenvalue weighted by Crippen LogP contribution is -2.41. The molecule has 0 aliphatic heterocycles. The highest BCUT2D eigenvalue weighted by molar-refractivity contribution is 5.81. The molecule has 0 radical (unpaired) electrons. The minimum Gasteiger partial charge on any atom is -0.355 e. The number of nitriles is 1. The second-order valence-electron chi connectivity index (χ2n) is 4.31. The van der Waals surface area contributed by atoms with Gasteiger partial charge < -0.3 is 15.2 Å². The number of hydrogen-bond donors (Lipinski definition) is 2. The highest BCUT2D eigenvalue weighted by atomic mass is 16.2. The Morgan fingerprint density at radius 2 is 2.28 bits per heavy atom. The van der Waals surface area contributed by atoms with E-state index in [1.54, 1.807) is 0 Å². The molecule has 5 heteroatoms. The Balaban J connectivity index is 2.64. The van der Waals surface area contributed by atoms with Crippen molar-refractivity contribution in [3.05, 3.63) is 23.0 Å². The van der Waals surface area contributed by atoms with E-state index in [1.165, 1.54) is 0 Å². The molecule has 1 unspecified atom stereocenters. The van der Waals surface area contributed by atoms with E-state index in [-0.39, 0.29) is 11.9 Å². The topological polar surface area (TPSA) is 69.8 Å².